The average molecular weight is 633 g/mol. The molecule has 246 valence electrons. The van der Waals surface area contributed by atoms with E-state index in [-0.39, 0.29) is 17.7 Å². The molecule has 0 amide bonds. The van der Waals surface area contributed by atoms with Crippen LogP contribution in [0.1, 0.15) is 58.1 Å². The Balaban J connectivity index is 0.00000235. The molecule has 2 aromatic carbocycles. The van der Waals surface area contributed by atoms with Crippen LogP contribution < -0.4 is 16.2 Å². The van der Waals surface area contributed by atoms with Crippen LogP contribution in [-0.2, 0) is 4.74 Å². The van der Waals surface area contributed by atoms with Gasteiger partial charge >= 0.3 is 0 Å². The molecular formula is C36H46F2N6O2. The maximum absolute atomic E-state index is 15.1. The van der Waals surface area contributed by atoms with Gasteiger partial charge in [0.2, 0.25) is 5.95 Å². The van der Waals surface area contributed by atoms with Gasteiger partial charge in [-0.05, 0) is 81.2 Å². The molecule has 0 aliphatic carbocycles. The Morgan fingerprint density at radius 1 is 1.09 bits per heavy atom. The molecule has 1 atom stereocenters. The normalized spacial score (nSPS) is 14.3. The Morgan fingerprint density at radius 2 is 1.83 bits per heavy atom. The van der Waals surface area contributed by atoms with Crippen molar-refractivity contribution in [3.8, 4) is 16.9 Å². The van der Waals surface area contributed by atoms with Gasteiger partial charge in [0.1, 0.15) is 17.3 Å². The smallest absolute Gasteiger partial charge is 0.256 e. The summed E-state index contributed by atoms with van der Waals surface area (Å²) in [5.74, 6) is -1.45. The summed E-state index contributed by atoms with van der Waals surface area (Å²) in [6.07, 6.45) is 3.07. The number of halogens is 2. The topological polar surface area (TPSA) is 84.3 Å². The summed E-state index contributed by atoms with van der Waals surface area (Å²) in [6, 6.07) is 12.4. The Morgan fingerprint density at radius 3 is 2.50 bits per heavy atom. The molecule has 1 fully saturated rings. The highest BCUT2D eigenvalue weighted by atomic mass is 19.1. The van der Waals surface area contributed by atoms with Gasteiger partial charge in [-0.15, -0.1) is 0 Å². The minimum absolute atomic E-state index is 0.109. The molecule has 4 aromatic rings. The van der Waals surface area contributed by atoms with Crippen molar-refractivity contribution >= 4 is 22.7 Å². The third-order valence-electron chi connectivity index (χ3n) is 8.15. The molecular weight excluding hydrogens is 586 g/mol. The van der Waals surface area contributed by atoms with E-state index in [1.807, 2.05) is 39.0 Å². The molecule has 1 unspecified atom stereocenters. The van der Waals surface area contributed by atoms with Crippen molar-refractivity contribution in [1.82, 2.24) is 24.8 Å². The third-order valence-corrected chi connectivity index (χ3v) is 8.15. The van der Waals surface area contributed by atoms with E-state index in [1.165, 1.54) is 12.1 Å². The number of anilines is 1. The Bertz CT molecular complexity index is 1680. The van der Waals surface area contributed by atoms with Gasteiger partial charge in [0.25, 0.3) is 5.56 Å². The number of hydrogen-bond acceptors (Lipinski definition) is 7. The molecule has 2 aromatic heterocycles. The second-order valence-electron chi connectivity index (χ2n) is 11.0. The number of aryl methyl sites for hydroxylation is 1. The molecule has 1 saturated heterocycles. The van der Waals surface area contributed by atoms with E-state index >= 15 is 8.78 Å². The number of pyridine rings is 1. The molecule has 1 aliphatic rings. The van der Waals surface area contributed by atoms with Gasteiger partial charge < -0.3 is 20.3 Å². The lowest BCUT2D eigenvalue weighted by Gasteiger charge is -2.19. The summed E-state index contributed by atoms with van der Waals surface area (Å²) in [4.78, 5) is 25.1. The number of rotatable bonds is 13. The zero-order valence-electron chi connectivity index (χ0n) is 27.6. The van der Waals surface area contributed by atoms with Crippen LogP contribution in [0.3, 0.4) is 0 Å². The summed E-state index contributed by atoms with van der Waals surface area (Å²) in [7, 11) is 0. The summed E-state index contributed by atoms with van der Waals surface area (Å²) in [5, 5.41) is 7.17. The van der Waals surface area contributed by atoms with Crippen molar-refractivity contribution in [2.45, 2.75) is 60.0 Å². The number of para-hydroxylation sites is 1. The van der Waals surface area contributed by atoms with E-state index in [9.17, 15) is 4.79 Å². The molecule has 5 rings (SSSR count). The van der Waals surface area contributed by atoms with Gasteiger partial charge in [0.15, 0.2) is 5.65 Å². The highest BCUT2D eigenvalue weighted by Gasteiger charge is 2.21. The van der Waals surface area contributed by atoms with Gasteiger partial charge in [-0.1, -0.05) is 52.5 Å². The Hall–Kier alpha value is -4.15. The van der Waals surface area contributed by atoms with Crippen LogP contribution in [0.2, 0.25) is 0 Å². The van der Waals surface area contributed by atoms with Crippen molar-refractivity contribution in [3.05, 3.63) is 88.2 Å². The Labute approximate surface area is 270 Å². The fraction of sp³-hybridized carbons (Fsp3) is 0.417. The molecule has 46 heavy (non-hydrogen) atoms. The standard InChI is InChI=1S/C34H40F2N6O2.C2H6/c1-5-41(6-2)18-9-17-37-34-39-31(27-20-24(14-13-22(27)3)23(4)38-21-25-10-8-19-44-25)26-15-16-30(43)42(33(26)40-34)32-28(35)11-7-12-29(32)36;1-2/h7,11-16,20,25,38H,4-6,8-10,17-19,21H2,1-3H3,(H,37,39,40);1-2H3. The fourth-order valence-corrected chi connectivity index (χ4v) is 5.57. The van der Waals surface area contributed by atoms with Crippen molar-refractivity contribution in [1.29, 1.82) is 0 Å². The largest absolute Gasteiger partial charge is 0.382 e. The highest BCUT2D eigenvalue weighted by molar-refractivity contribution is 5.93. The monoisotopic (exact) mass is 632 g/mol. The van der Waals surface area contributed by atoms with Crippen LogP contribution in [0.4, 0.5) is 14.7 Å². The zero-order valence-corrected chi connectivity index (χ0v) is 27.6. The first-order valence-corrected chi connectivity index (χ1v) is 16.3. The lowest BCUT2D eigenvalue weighted by Crippen LogP contribution is -2.25. The highest BCUT2D eigenvalue weighted by Crippen LogP contribution is 2.32. The van der Waals surface area contributed by atoms with Crippen LogP contribution in [-0.4, -0.2) is 64.9 Å². The predicted octanol–water partition coefficient (Wildman–Crippen LogP) is 6.94. The molecule has 0 bridgehead atoms. The lowest BCUT2D eigenvalue weighted by atomic mass is 9.98. The summed E-state index contributed by atoms with van der Waals surface area (Å²) in [5.41, 5.74) is 2.92. The number of nitrogens with one attached hydrogen (secondary N) is 2. The van der Waals surface area contributed by atoms with Gasteiger partial charge in [-0.2, -0.15) is 4.98 Å². The van der Waals surface area contributed by atoms with Crippen LogP contribution in [0.25, 0.3) is 33.7 Å². The number of nitrogens with zero attached hydrogens (tertiary/aromatic N) is 4. The second kappa shape index (κ2) is 16.4. The SMILES string of the molecule is C=C(NCC1CCCO1)c1ccc(C)c(-c2nc(NCCCN(CC)CC)nc3c2ccc(=O)n3-c2c(F)cccc2F)c1.CC. The molecule has 10 heteroatoms. The average Bonchev–Trinajstić information content (AvgIpc) is 3.59. The van der Waals surface area contributed by atoms with E-state index < -0.39 is 22.9 Å². The summed E-state index contributed by atoms with van der Waals surface area (Å²) < 4.78 is 36.9. The maximum atomic E-state index is 15.1. The molecule has 2 N–H and O–H groups in total. The first-order valence-electron chi connectivity index (χ1n) is 16.3. The maximum Gasteiger partial charge on any atom is 0.256 e. The number of aromatic nitrogens is 3. The van der Waals surface area contributed by atoms with Crippen LogP contribution in [0.15, 0.2) is 59.9 Å². The van der Waals surface area contributed by atoms with Gasteiger partial charge in [0, 0.05) is 42.4 Å². The van der Waals surface area contributed by atoms with Crippen LogP contribution >= 0.6 is 0 Å². The van der Waals surface area contributed by atoms with Crippen LogP contribution in [0.5, 0.6) is 0 Å². The van der Waals surface area contributed by atoms with E-state index in [2.05, 4.69) is 40.9 Å². The number of hydrogen-bond donors (Lipinski definition) is 2. The third kappa shape index (κ3) is 7.97. The second-order valence-corrected chi connectivity index (χ2v) is 11.0. The molecule has 0 saturated carbocycles. The molecule has 0 radical (unpaired) electrons. The minimum Gasteiger partial charge on any atom is -0.382 e. The predicted molar refractivity (Wildman–Crippen MR) is 183 cm³/mol. The van der Waals surface area contributed by atoms with Gasteiger partial charge in [-0.3, -0.25) is 9.36 Å². The lowest BCUT2D eigenvalue weighted by molar-refractivity contribution is 0.113. The van der Waals surface area contributed by atoms with E-state index in [0.717, 1.165) is 84.6 Å². The van der Waals surface area contributed by atoms with Crippen molar-refractivity contribution in [2.75, 3.05) is 44.6 Å². The number of ether oxygens (including phenoxy) is 1. The molecule has 1 aliphatic heterocycles. The molecule has 0 spiro atoms. The van der Waals surface area contributed by atoms with Crippen molar-refractivity contribution in [3.63, 3.8) is 0 Å². The van der Waals surface area contributed by atoms with Crippen LogP contribution in [0, 0.1) is 18.6 Å². The van der Waals surface area contributed by atoms with Crippen molar-refractivity contribution < 1.29 is 13.5 Å². The van der Waals surface area contributed by atoms with Gasteiger partial charge in [-0.25, -0.2) is 13.8 Å². The fourth-order valence-electron chi connectivity index (χ4n) is 5.57. The first-order chi connectivity index (χ1) is 22.3. The molecule has 3 heterocycles. The minimum atomic E-state index is -0.861. The van der Waals surface area contributed by atoms with Crippen molar-refractivity contribution in [2.24, 2.45) is 0 Å². The summed E-state index contributed by atoms with van der Waals surface area (Å²) in [6.45, 7) is 19.3. The quantitative estimate of drug-likeness (QED) is 0.155. The van der Waals surface area contributed by atoms with E-state index in [1.54, 1.807) is 6.07 Å². The zero-order chi connectivity index (χ0) is 33.2. The Kier molecular flexibility index (Phi) is 12.4. The van der Waals surface area contributed by atoms with E-state index in [4.69, 9.17) is 9.72 Å². The first kappa shape index (κ1) is 34.7. The molecule has 8 nitrogen and oxygen atoms in total. The van der Waals surface area contributed by atoms with Gasteiger partial charge in [0.05, 0.1) is 11.8 Å². The van der Waals surface area contributed by atoms with E-state index in [0.29, 0.717) is 24.2 Å². The summed E-state index contributed by atoms with van der Waals surface area (Å²) >= 11 is 0. The number of fused-ring (bicyclic) bond motifs is 1. The number of benzene rings is 2.